The van der Waals surface area contributed by atoms with Crippen molar-refractivity contribution in [2.75, 3.05) is 5.73 Å². The summed E-state index contributed by atoms with van der Waals surface area (Å²) in [6.45, 7) is 2.87. The number of Topliss-reactive ketones (excluding diaryl/α,β-unsaturated/α-hetero) is 1. The van der Waals surface area contributed by atoms with Gasteiger partial charge in [0.05, 0.1) is 0 Å². The minimum absolute atomic E-state index is 0.0317. The van der Waals surface area contributed by atoms with E-state index in [0.717, 1.165) is 0 Å². The van der Waals surface area contributed by atoms with Crippen molar-refractivity contribution in [1.29, 1.82) is 0 Å². The van der Waals surface area contributed by atoms with Crippen LogP contribution in [0, 0.1) is 6.92 Å². The number of H-pyrrole nitrogens is 1. The third-order valence-electron chi connectivity index (χ3n) is 1.50. The molecule has 0 unspecified atom stereocenters. The Morgan fingerprint density at radius 1 is 1.58 bits per heavy atom. The fourth-order valence-corrected chi connectivity index (χ4v) is 0.893. The van der Waals surface area contributed by atoms with Gasteiger partial charge in [0.25, 0.3) is 5.56 Å². The number of nitrogen functional groups attached to an aromatic ring is 1. The van der Waals surface area contributed by atoms with Gasteiger partial charge in [-0.3, -0.25) is 14.6 Å². The molecule has 0 fully saturated rings. The van der Waals surface area contributed by atoms with Gasteiger partial charge < -0.3 is 5.73 Å². The summed E-state index contributed by atoms with van der Waals surface area (Å²) in [5.74, 6) is -0.291. The van der Waals surface area contributed by atoms with Gasteiger partial charge in [-0.25, -0.2) is 4.98 Å². The highest BCUT2D eigenvalue weighted by Crippen LogP contribution is 2.00. The predicted octanol–water partition coefficient (Wildman–Crippen LogP) is -0.137. The predicted molar refractivity (Wildman–Crippen MR) is 44.0 cm³/mol. The van der Waals surface area contributed by atoms with E-state index in [1.54, 1.807) is 0 Å². The van der Waals surface area contributed by atoms with E-state index in [1.165, 1.54) is 13.8 Å². The normalized spacial score (nSPS) is 9.83. The van der Waals surface area contributed by atoms with E-state index in [2.05, 4.69) is 9.97 Å². The maximum atomic E-state index is 11.0. The lowest BCUT2D eigenvalue weighted by Crippen LogP contribution is -2.18. The van der Waals surface area contributed by atoms with Gasteiger partial charge in [-0.05, 0) is 6.92 Å². The molecule has 5 nitrogen and oxygen atoms in total. The van der Waals surface area contributed by atoms with Crippen LogP contribution in [-0.2, 0) is 0 Å². The molecule has 0 radical (unpaired) electrons. The van der Waals surface area contributed by atoms with E-state index in [0.29, 0.717) is 5.56 Å². The van der Waals surface area contributed by atoms with Crippen LogP contribution in [0.5, 0.6) is 0 Å². The Balaban J connectivity index is 3.48. The Morgan fingerprint density at radius 2 is 2.17 bits per heavy atom. The molecule has 0 amide bonds. The minimum Gasteiger partial charge on any atom is -0.369 e. The van der Waals surface area contributed by atoms with Crippen LogP contribution in [0.1, 0.15) is 23.0 Å². The number of carbonyl (C=O) groups is 1. The topological polar surface area (TPSA) is 88.8 Å². The molecule has 1 heterocycles. The molecular weight excluding hydrogens is 158 g/mol. The molecule has 0 spiro atoms. The molecule has 5 heteroatoms. The average Bonchev–Trinajstić information content (AvgIpc) is 1.96. The van der Waals surface area contributed by atoms with Gasteiger partial charge in [-0.2, -0.15) is 0 Å². The summed E-state index contributed by atoms with van der Waals surface area (Å²) in [5, 5.41) is 0. The first-order valence-corrected chi connectivity index (χ1v) is 3.39. The van der Waals surface area contributed by atoms with Gasteiger partial charge in [0, 0.05) is 12.5 Å². The van der Waals surface area contributed by atoms with Gasteiger partial charge in [-0.15, -0.1) is 0 Å². The summed E-state index contributed by atoms with van der Waals surface area (Å²) < 4.78 is 0. The molecule has 0 saturated carbocycles. The average molecular weight is 167 g/mol. The molecule has 12 heavy (non-hydrogen) atoms. The van der Waals surface area contributed by atoms with Crippen molar-refractivity contribution >= 4 is 11.7 Å². The van der Waals surface area contributed by atoms with E-state index in [-0.39, 0.29) is 23.0 Å². The third-order valence-corrected chi connectivity index (χ3v) is 1.50. The van der Waals surface area contributed by atoms with Crippen molar-refractivity contribution in [3.05, 3.63) is 21.6 Å². The van der Waals surface area contributed by atoms with E-state index >= 15 is 0 Å². The van der Waals surface area contributed by atoms with Crippen LogP contribution in [-0.4, -0.2) is 15.8 Å². The first-order valence-electron chi connectivity index (χ1n) is 3.39. The van der Waals surface area contributed by atoms with Crippen LogP contribution in [0.4, 0.5) is 5.95 Å². The summed E-state index contributed by atoms with van der Waals surface area (Å²) in [7, 11) is 0. The number of hydrogen-bond donors (Lipinski definition) is 2. The summed E-state index contributed by atoms with van der Waals surface area (Å²) in [6.07, 6.45) is 0. The highest BCUT2D eigenvalue weighted by Gasteiger charge is 2.09. The summed E-state index contributed by atoms with van der Waals surface area (Å²) in [6, 6.07) is 0. The lowest BCUT2D eigenvalue weighted by Gasteiger charge is -1.99. The highest BCUT2D eigenvalue weighted by atomic mass is 16.1. The zero-order valence-electron chi connectivity index (χ0n) is 6.84. The number of rotatable bonds is 1. The Labute approximate surface area is 68.6 Å². The van der Waals surface area contributed by atoms with Crippen LogP contribution in [0.2, 0.25) is 0 Å². The van der Waals surface area contributed by atoms with E-state index < -0.39 is 0 Å². The quantitative estimate of drug-likeness (QED) is 0.570. The van der Waals surface area contributed by atoms with Crippen LogP contribution in [0.15, 0.2) is 4.79 Å². The molecule has 0 aromatic carbocycles. The molecule has 1 aromatic heterocycles. The summed E-state index contributed by atoms with van der Waals surface area (Å²) in [5.41, 5.74) is 5.32. The first kappa shape index (κ1) is 8.45. The van der Waals surface area contributed by atoms with Crippen molar-refractivity contribution in [2.45, 2.75) is 13.8 Å². The Bertz CT molecular complexity index is 381. The summed E-state index contributed by atoms with van der Waals surface area (Å²) in [4.78, 5) is 27.9. The van der Waals surface area contributed by atoms with Crippen molar-refractivity contribution in [3.63, 3.8) is 0 Å². The molecule has 3 N–H and O–H groups in total. The van der Waals surface area contributed by atoms with E-state index in [4.69, 9.17) is 5.73 Å². The molecule has 0 aliphatic rings. The van der Waals surface area contributed by atoms with Crippen molar-refractivity contribution < 1.29 is 4.79 Å². The number of hydrogen-bond acceptors (Lipinski definition) is 4. The van der Waals surface area contributed by atoms with Gasteiger partial charge in [-0.1, -0.05) is 0 Å². The molecule has 0 bridgehead atoms. The van der Waals surface area contributed by atoms with Crippen LogP contribution in [0.25, 0.3) is 0 Å². The number of ketones is 1. The van der Waals surface area contributed by atoms with Gasteiger partial charge in [0.1, 0.15) is 5.69 Å². The van der Waals surface area contributed by atoms with E-state index in [1.807, 2.05) is 0 Å². The molecule has 0 aliphatic heterocycles. The third kappa shape index (κ3) is 1.34. The number of nitrogens with zero attached hydrogens (tertiary/aromatic N) is 1. The monoisotopic (exact) mass is 167 g/mol. The largest absolute Gasteiger partial charge is 0.369 e. The SMILES string of the molecule is CC(=O)c1nc(N)[nH]c(=O)c1C. The van der Waals surface area contributed by atoms with Gasteiger partial charge in [0.2, 0.25) is 5.95 Å². The van der Waals surface area contributed by atoms with Crippen molar-refractivity contribution in [2.24, 2.45) is 0 Å². The summed E-state index contributed by atoms with van der Waals surface area (Å²) >= 11 is 0. The number of nitrogens with one attached hydrogen (secondary N) is 1. The molecule has 0 saturated heterocycles. The molecule has 1 aromatic rings. The van der Waals surface area contributed by atoms with Crippen molar-refractivity contribution in [3.8, 4) is 0 Å². The standard InChI is InChI=1S/C7H9N3O2/c1-3-5(4(2)11)9-7(8)10-6(3)12/h1-2H3,(H3,8,9,10,12). The molecule has 1 rings (SSSR count). The lowest BCUT2D eigenvalue weighted by molar-refractivity contribution is 0.101. The molecular formula is C7H9N3O2. The van der Waals surface area contributed by atoms with Crippen molar-refractivity contribution in [1.82, 2.24) is 9.97 Å². The first-order chi connectivity index (χ1) is 5.52. The number of nitrogens with two attached hydrogens (primary N) is 1. The van der Waals surface area contributed by atoms with Gasteiger partial charge >= 0.3 is 0 Å². The molecule has 64 valence electrons. The maximum Gasteiger partial charge on any atom is 0.255 e. The second-order valence-electron chi connectivity index (χ2n) is 2.48. The Kier molecular flexibility index (Phi) is 1.95. The Morgan fingerprint density at radius 3 is 2.67 bits per heavy atom. The number of aromatic amines is 1. The maximum absolute atomic E-state index is 11.0. The van der Waals surface area contributed by atoms with Gasteiger partial charge in [0.15, 0.2) is 5.78 Å². The smallest absolute Gasteiger partial charge is 0.255 e. The van der Waals surface area contributed by atoms with Crippen LogP contribution >= 0.6 is 0 Å². The lowest BCUT2D eigenvalue weighted by atomic mass is 10.2. The highest BCUT2D eigenvalue weighted by molar-refractivity contribution is 5.93. The minimum atomic E-state index is -0.368. The van der Waals surface area contributed by atoms with E-state index in [9.17, 15) is 9.59 Å². The number of carbonyl (C=O) groups excluding carboxylic acids is 1. The fourth-order valence-electron chi connectivity index (χ4n) is 0.893. The second-order valence-corrected chi connectivity index (χ2v) is 2.48. The molecule has 0 atom stereocenters. The second kappa shape index (κ2) is 2.77. The zero-order valence-corrected chi connectivity index (χ0v) is 6.84. The fraction of sp³-hybridized carbons (Fsp3) is 0.286. The molecule has 0 aliphatic carbocycles. The van der Waals surface area contributed by atoms with Crippen LogP contribution in [0.3, 0.4) is 0 Å². The number of aromatic nitrogens is 2. The number of anilines is 1. The van der Waals surface area contributed by atoms with Crippen LogP contribution < -0.4 is 11.3 Å². The zero-order chi connectivity index (χ0) is 9.30. The Hall–Kier alpha value is -1.65.